The maximum Gasteiger partial charge on any atom is 0.236 e. The summed E-state index contributed by atoms with van der Waals surface area (Å²) in [6, 6.07) is 18.3. The van der Waals surface area contributed by atoms with E-state index >= 15 is 0 Å². The van der Waals surface area contributed by atoms with Crippen LogP contribution in [0, 0.1) is 5.92 Å². The Bertz CT molecular complexity index is 761. The van der Waals surface area contributed by atoms with Gasteiger partial charge >= 0.3 is 0 Å². The van der Waals surface area contributed by atoms with Crippen molar-refractivity contribution in [1.82, 2.24) is 9.80 Å². The van der Waals surface area contributed by atoms with Crippen molar-refractivity contribution >= 4 is 11.6 Å². The predicted octanol–water partition coefficient (Wildman–Crippen LogP) is 3.50. The number of benzene rings is 2. The Kier molecular flexibility index (Phi) is 7.53. The molecule has 2 aromatic rings. The molecule has 1 saturated heterocycles. The van der Waals surface area contributed by atoms with Gasteiger partial charge in [0.2, 0.25) is 5.91 Å². The van der Waals surface area contributed by atoms with E-state index in [9.17, 15) is 4.79 Å². The molecule has 0 radical (unpaired) electrons. The average molecular weight is 396 g/mol. The minimum atomic E-state index is 0.173. The first-order valence-electron chi connectivity index (χ1n) is 10.4. The molecule has 1 atom stereocenters. The summed E-state index contributed by atoms with van der Waals surface area (Å²) in [5.74, 6) is 1.56. The number of likely N-dealkylation sites (tertiary alicyclic amines) is 1. The van der Waals surface area contributed by atoms with Gasteiger partial charge in [0.05, 0.1) is 13.2 Å². The van der Waals surface area contributed by atoms with Crippen molar-refractivity contribution in [3.8, 4) is 5.75 Å². The summed E-state index contributed by atoms with van der Waals surface area (Å²) in [6.45, 7) is 3.74. The topological polar surface area (TPSA) is 36.0 Å². The molecule has 0 spiro atoms. The van der Waals surface area contributed by atoms with Crippen LogP contribution >= 0.6 is 0 Å². The highest BCUT2D eigenvalue weighted by molar-refractivity contribution is 5.78. The van der Waals surface area contributed by atoms with Crippen molar-refractivity contribution in [2.45, 2.75) is 19.4 Å². The van der Waals surface area contributed by atoms with Crippen molar-refractivity contribution in [3.05, 3.63) is 60.2 Å². The fourth-order valence-corrected chi connectivity index (χ4v) is 3.74. The van der Waals surface area contributed by atoms with Crippen LogP contribution in [0.5, 0.6) is 5.75 Å². The lowest BCUT2D eigenvalue weighted by Gasteiger charge is -2.33. The number of anilines is 1. The Balaban J connectivity index is 1.45. The van der Waals surface area contributed by atoms with Gasteiger partial charge < -0.3 is 14.5 Å². The van der Waals surface area contributed by atoms with Gasteiger partial charge in [-0.3, -0.25) is 9.69 Å². The molecular formula is C24H33N3O2. The number of likely N-dealkylation sites (N-methyl/N-ethyl adjacent to an activating group) is 1. The summed E-state index contributed by atoms with van der Waals surface area (Å²) in [5, 5.41) is 0. The number of carbonyl (C=O) groups is 1. The van der Waals surface area contributed by atoms with E-state index in [-0.39, 0.29) is 5.91 Å². The zero-order chi connectivity index (χ0) is 20.6. The molecule has 1 unspecified atom stereocenters. The molecule has 5 nitrogen and oxygen atoms in total. The predicted molar refractivity (Wildman–Crippen MR) is 118 cm³/mol. The number of para-hydroxylation sites is 1. The van der Waals surface area contributed by atoms with Crippen LogP contribution in [-0.4, -0.2) is 63.1 Å². The molecule has 1 heterocycles. The van der Waals surface area contributed by atoms with Gasteiger partial charge in [0.15, 0.2) is 0 Å². The molecule has 0 aliphatic carbocycles. The maximum atomic E-state index is 12.7. The van der Waals surface area contributed by atoms with Crippen LogP contribution in [0.1, 0.15) is 18.4 Å². The number of nitrogens with zero attached hydrogens (tertiary/aromatic N) is 3. The first-order chi connectivity index (χ1) is 14.0. The lowest BCUT2D eigenvalue weighted by atomic mass is 9.99. The van der Waals surface area contributed by atoms with Crippen molar-refractivity contribution in [2.24, 2.45) is 5.92 Å². The molecule has 2 aromatic carbocycles. The van der Waals surface area contributed by atoms with E-state index in [0.717, 1.165) is 37.2 Å². The Morgan fingerprint density at radius 1 is 1.07 bits per heavy atom. The third-order valence-corrected chi connectivity index (χ3v) is 5.49. The summed E-state index contributed by atoms with van der Waals surface area (Å²) < 4.78 is 5.93. The number of rotatable bonds is 8. The van der Waals surface area contributed by atoms with E-state index < -0.39 is 0 Å². The van der Waals surface area contributed by atoms with Gasteiger partial charge in [0, 0.05) is 45.8 Å². The summed E-state index contributed by atoms with van der Waals surface area (Å²) in [5.41, 5.74) is 2.32. The lowest BCUT2D eigenvalue weighted by molar-refractivity contribution is -0.132. The molecule has 0 aromatic heterocycles. The number of ether oxygens (including phenoxy) is 1. The van der Waals surface area contributed by atoms with Crippen LogP contribution in [0.4, 0.5) is 5.69 Å². The fourth-order valence-electron chi connectivity index (χ4n) is 3.74. The smallest absolute Gasteiger partial charge is 0.236 e. The zero-order valence-corrected chi connectivity index (χ0v) is 17.9. The minimum Gasteiger partial charge on any atom is -0.493 e. The standard InChI is InChI=1S/C24H33N3O2/c1-25(2)22-13-11-20(12-14-22)16-26(3)24(28)18-27-15-7-8-21(17-27)19-29-23-9-5-4-6-10-23/h4-6,9-14,21H,7-8,15-19H2,1-3H3. The Hall–Kier alpha value is -2.53. The van der Waals surface area contributed by atoms with Crippen LogP contribution < -0.4 is 9.64 Å². The normalized spacial score (nSPS) is 17.0. The Morgan fingerprint density at radius 2 is 1.79 bits per heavy atom. The van der Waals surface area contributed by atoms with E-state index in [1.54, 1.807) is 0 Å². The molecule has 1 fully saturated rings. The van der Waals surface area contributed by atoms with E-state index in [4.69, 9.17) is 4.74 Å². The number of piperidine rings is 1. The molecular weight excluding hydrogens is 362 g/mol. The molecule has 3 rings (SSSR count). The second kappa shape index (κ2) is 10.3. The van der Waals surface area contributed by atoms with Gasteiger partial charge in [-0.05, 0) is 49.2 Å². The average Bonchev–Trinajstić information content (AvgIpc) is 2.73. The molecule has 1 aliphatic rings. The molecule has 0 N–H and O–H groups in total. The quantitative estimate of drug-likeness (QED) is 0.685. The molecule has 5 heteroatoms. The van der Waals surface area contributed by atoms with Crippen LogP contribution in [-0.2, 0) is 11.3 Å². The van der Waals surface area contributed by atoms with E-state index in [1.165, 1.54) is 5.69 Å². The summed E-state index contributed by atoms with van der Waals surface area (Å²) in [7, 11) is 5.95. The molecule has 156 valence electrons. The SMILES string of the molecule is CN(Cc1ccc(N(C)C)cc1)C(=O)CN1CCCC(COc2ccccc2)C1. The zero-order valence-electron chi connectivity index (χ0n) is 17.9. The van der Waals surface area contributed by atoms with Crippen LogP contribution in [0.2, 0.25) is 0 Å². The number of carbonyl (C=O) groups excluding carboxylic acids is 1. The Labute approximate surface area is 174 Å². The van der Waals surface area contributed by atoms with Gasteiger partial charge in [-0.15, -0.1) is 0 Å². The Morgan fingerprint density at radius 3 is 2.48 bits per heavy atom. The molecule has 29 heavy (non-hydrogen) atoms. The summed E-state index contributed by atoms with van der Waals surface area (Å²) in [6.07, 6.45) is 2.28. The van der Waals surface area contributed by atoms with Gasteiger partial charge in [0.1, 0.15) is 5.75 Å². The van der Waals surface area contributed by atoms with Gasteiger partial charge in [-0.2, -0.15) is 0 Å². The van der Waals surface area contributed by atoms with Crippen LogP contribution in [0.25, 0.3) is 0 Å². The third-order valence-electron chi connectivity index (χ3n) is 5.49. The second-order valence-electron chi connectivity index (χ2n) is 8.18. The van der Waals surface area contributed by atoms with Crippen LogP contribution in [0.15, 0.2) is 54.6 Å². The van der Waals surface area contributed by atoms with E-state index in [0.29, 0.717) is 25.6 Å². The number of amides is 1. The minimum absolute atomic E-state index is 0.173. The highest BCUT2D eigenvalue weighted by Crippen LogP contribution is 2.19. The first kappa shape index (κ1) is 21.2. The summed E-state index contributed by atoms with van der Waals surface area (Å²) >= 11 is 0. The van der Waals surface area contributed by atoms with E-state index in [1.807, 2.05) is 56.4 Å². The number of hydrogen-bond donors (Lipinski definition) is 0. The van der Waals surface area contributed by atoms with Crippen LogP contribution in [0.3, 0.4) is 0 Å². The highest BCUT2D eigenvalue weighted by atomic mass is 16.5. The first-order valence-corrected chi connectivity index (χ1v) is 10.4. The van der Waals surface area contributed by atoms with Gasteiger partial charge in [0.25, 0.3) is 0 Å². The van der Waals surface area contributed by atoms with E-state index in [2.05, 4.69) is 34.1 Å². The summed E-state index contributed by atoms with van der Waals surface area (Å²) in [4.78, 5) is 18.9. The monoisotopic (exact) mass is 395 g/mol. The number of hydrogen-bond acceptors (Lipinski definition) is 4. The molecule has 1 aliphatic heterocycles. The van der Waals surface area contributed by atoms with Crippen molar-refractivity contribution in [3.63, 3.8) is 0 Å². The van der Waals surface area contributed by atoms with Crippen molar-refractivity contribution in [1.29, 1.82) is 0 Å². The lowest BCUT2D eigenvalue weighted by Crippen LogP contribution is -2.44. The van der Waals surface area contributed by atoms with Crippen molar-refractivity contribution in [2.75, 3.05) is 52.3 Å². The van der Waals surface area contributed by atoms with Crippen molar-refractivity contribution < 1.29 is 9.53 Å². The molecule has 0 saturated carbocycles. The van der Waals surface area contributed by atoms with Gasteiger partial charge in [-0.25, -0.2) is 0 Å². The third kappa shape index (κ3) is 6.50. The largest absolute Gasteiger partial charge is 0.493 e. The molecule has 1 amide bonds. The second-order valence-corrected chi connectivity index (χ2v) is 8.18. The molecule has 0 bridgehead atoms. The fraction of sp³-hybridized carbons (Fsp3) is 0.458. The van der Waals surface area contributed by atoms with Gasteiger partial charge in [-0.1, -0.05) is 30.3 Å². The highest BCUT2D eigenvalue weighted by Gasteiger charge is 2.23. The maximum absolute atomic E-state index is 12.7.